The number of nitrogens with two attached hydrogens (primary N) is 1. The predicted octanol–water partition coefficient (Wildman–Crippen LogP) is 3.95. The molecule has 0 aliphatic carbocycles. The zero-order valence-electron chi connectivity index (χ0n) is 16.4. The highest BCUT2D eigenvalue weighted by atomic mass is 19.1. The second-order valence-electron chi connectivity index (χ2n) is 7.52. The molecule has 0 saturated carbocycles. The molecule has 2 heterocycles. The topological polar surface area (TPSA) is 72.1 Å². The molecule has 1 amide bonds. The SMILES string of the molecule is Nc1ncc(-c2ccc(F)cc2)c([C@@H]2CCCN(C(=O)Cc3ccc(F)cc3)C2)n1. The molecule has 1 aliphatic heterocycles. The van der Waals surface area contributed by atoms with Gasteiger partial charge in [-0.05, 0) is 48.2 Å². The summed E-state index contributed by atoms with van der Waals surface area (Å²) < 4.78 is 26.5. The van der Waals surface area contributed by atoms with Crippen molar-refractivity contribution in [3.63, 3.8) is 0 Å². The van der Waals surface area contributed by atoms with E-state index in [1.165, 1.54) is 24.3 Å². The summed E-state index contributed by atoms with van der Waals surface area (Å²) in [6.45, 7) is 1.19. The number of piperidine rings is 1. The molecule has 1 saturated heterocycles. The van der Waals surface area contributed by atoms with Gasteiger partial charge in [0.25, 0.3) is 0 Å². The molecule has 4 rings (SSSR count). The number of amides is 1. The van der Waals surface area contributed by atoms with Gasteiger partial charge in [-0.3, -0.25) is 4.79 Å². The highest BCUT2D eigenvalue weighted by Crippen LogP contribution is 2.33. The Morgan fingerprint density at radius 3 is 2.43 bits per heavy atom. The summed E-state index contributed by atoms with van der Waals surface area (Å²) >= 11 is 0. The highest BCUT2D eigenvalue weighted by Gasteiger charge is 2.28. The van der Waals surface area contributed by atoms with Crippen molar-refractivity contribution in [3.05, 3.63) is 77.6 Å². The first kappa shape index (κ1) is 19.9. The van der Waals surface area contributed by atoms with Gasteiger partial charge in [0.1, 0.15) is 11.6 Å². The fourth-order valence-corrected chi connectivity index (χ4v) is 3.89. The first-order chi connectivity index (χ1) is 14.5. The van der Waals surface area contributed by atoms with Gasteiger partial charge in [-0.2, -0.15) is 0 Å². The minimum atomic E-state index is -0.320. The van der Waals surface area contributed by atoms with E-state index in [0.29, 0.717) is 13.1 Å². The van der Waals surface area contributed by atoms with Crippen LogP contribution in [0.1, 0.15) is 30.0 Å². The van der Waals surface area contributed by atoms with E-state index in [1.54, 1.807) is 30.5 Å². The standard InChI is InChI=1S/C23H22F2N4O/c24-18-7-3-15(4-8-18)12-21(30)29-11-1-2-17(14-29)22-20(13-27-23(26)28-22)16-5-9-19(25)10-6-16/h3-10,13,17H,1-2,11-12,14H2,(H2,26,27,28)/t17-/m1/s1. The van der Waals surface area contributed by atoms with Crippen LogP contribution in [0.3, 0.4) is 0 Å². The van der Waals surface area contributed by atoms with Gasteiger partial charge in [0.05, 0.1) is 12.1 Å². The molecule has 5 nitrogen and oxygen atoms in total. The normalized spacial score (nSPS) is 16.5. The minimum Gasteiger partial charge on any atom is -0.368 e. The lowest BCUT2D eigenvalue weighted by Gasteiger charge is -2.33. The van der Waals surface area contributed by atoms with Crippen LogP contribution < -0.4 is 5.73 Å². The molecule has 2 N–H and O–H groups in total. The monoisotopic (exact) mass is 408 g/mol. The number of carbonyl (C=O) groups is 1. The van der Waals surface area contributed by atoms with Gasteiger partial charge in [0.15, 0.2) is 0 Å². The first-order valence-corrected chi connectivity index (χ1v) is 9.90. The lowest BCUT2D eigenvalue weighted by molar-refractivity contribution is -0.131. The number of nitrogens with zero attached hydrogens (tertiary/aromatic N) is 3. The average Bonchev–Trinajstić information content (AvgIpc) is 2.76. The molecule has 1 aliphatic rings. The number of carbonyl (C=O) groups excluding carboxylic acids is 1. The summed E-state index contributed by atoms with van der Waals surface area (Å²) in [5, 5.41) is 0. The van der Waals surface area contributed by atoms with Gasteiger partial charge in [0.2, 0.25) is 11.9 Å². The average molecular weight is 408 g/mol. The molecule has 2 aromatic carbocycles. The molecule has 154 valence electrons. The Morgan fingerprint density at radius 2 is 1.73 bits per heavy atom. The second kappa shape index (κ2) is 8.57. The predicted molar refractivity (Wildman–Crippen MR) is 110 cm³/mol. The molecule has 1 aromatic heterocycles. The van der Waals surface area contributed by atoms with Crippen LogP contribution in [-0.4, -0.2) is 33.9 Å². The summed E-state index contributed by atoms with van der Waals surface area (Å²) in [7, 11) is 0. The zero-order valence-corrected chi connectivity index (χ0v) is 16.4. The van der Waals surface area contributed by atoms with Crippen LogP contribution in [0.4, 0.5) is 14.7 Å². The van der Waals surface area contributed by atoms with Crippen molar-refractivity contribution < 1.29 is 13.6 Å². The lowest BCUT2D eigenvalue weighted by Crippen LogP contribution is -2.40. The van der Waals surface area contributed by atoms with Crippen LogP contribution in [0.5, 0.6) is 0 Å². The third-order valence-electron chi connectivity index (χ3n) is 5.42. The molecular weight excluding hydrogens is 386 g/mol. The van der Waals surface area contributed by atoms with Crippen LogP contribution in [0.15, 0.2) is 54.7 Å². The van der Waals surface area contributed by atoms with E-state index in [1.807, 2.05) is 4.90 Å². The van der Waals surface area contributed by atoms with Gasteiger partial charge >= 0.3 is 0 Å². The Kier molecular flexibility index (Phi) is 5.70. The molecule has 1 fully saturated rings. The smallest absolute Gasteiger partial charge is 0.227 e. The first-order valence-electron chi connectivity index (χ1n) is 9.90. The van der Waals surface area contributed by atoms with Crippen LogP contribution in [0.25, 0.3) is 11.1 Å². The molecule has 0 unspecified atom stereocenters. The van der Waals surface area contributed by atoms with Crippen molar-refractivity contribution in [1.82, 2.24) is 14.9 Å². The van der Waals surface area contributed by atoms with Crippen molar-refractivity contribution in [2.24, 2.45) is 0 Å². The fourth-order valence-electron chi connectivity index (χ4n) is 3.89. The lowest BCUT2D eigenvalue weighted by atomic mass is 9.89. The summed E-state index contributed by atoms with van der Waals surface area (Å²) in [6.07, 6.45) is 3.59. The molecular formula is C23H22F2N4O. The Bertz CT molecular complexity index is 1040. The van der Waals surface area contributed by atoms with E-state index in [0.717, 1.165) is 35.2 Å². The van der Waals surface area contributed by atoms with E-state index in [-0.39, 0.29) is 35.8 Å². The number of rotatable bonds is 4. The fraction of sp³-hybridized carbons (Fsp3) is 0.261. The Labute approximate surface area is 173 Å². The van der Waals surface area contributed by atoms with Crippen molar-refractivity contribution in [2.45, 2.75) is 25.2 Å². The molecule has 0 spiro atoms. The maximum atomic E-state index is 13.3. The number of hydrogen-bond acceptors (Lipinski definition) is 4. The quantitative estimate of drug-likeness (QED) is 0.710. The summed E-state index contributed by atoms with van der Waals surface area (Å²) in [5.41, 5.74) is 9.00. The maximum absolute atomic E-state index is 13.3. The number of nitrogen functional groups attached to an aromatic ring is 1. The second-order valence-corrected chi connectivity index (χ2v) is 7.52. The van der Waals surface area contributed by atoms with E-state index in [4.69, 9.17) is 5.73 Å². The summed E-state index contributed by atoms with van der Waals surface area (Å²) in [5.74, 6) is -0.464. The minimum absolute atomic E-state index is 0.00118. The van der Waals surface area contributed by atoms with Gasteiger partial charge in [-0.1, -0.05) is 24.3 Å². The van der Waals surface area contributed by atoms with E-state index >= 15 is 0 Å². The Hall–Kier alpha value is -3.35. The van der Waals surface area contributed by atoms with Gasteiger partial charge in [0, 0.05) is 30.8 Å². The molecule has 3 aromatic rings. The van der Waals surface area contributed by atoms with Crippen LogP contribution in [0, 0.1) is 11.6 Å². The number of benzene rings is 2. The Morgan fingerprint density at radius 1 is 1.07 bits per heavy atom. The number of halogens is 2. The van der Waals surface area contributed by atoms with Crippen molar-refractivity contribution in [2.75, 3.05) is 18.8 Å². The number of aromatic nitrogens is 2. The van der Waals surface area contributed by atoms with Gasteiger partial charge in [-0.25, -0.2) is 18.7 Å². The van der Waals surface area contributed by atoms with Crippen molar-refractivity contribution >= 4 is 11.9 Å². The molecule has 30 heavy (non-hydrogen) atoms. The van der Waals surface area contributed by atoms with Crippen molar-refractivity contribution in [1.29, 1.82) is 0 Å². The van der Waals surface area contributed by atoms with E-state index in [9.17, 15) is 13.6 Å². The van der Waals surface area contributed by atoms with E-state index in [2.05, 4.69) is 9.97 Å². The van der Waals surface area contributed by atoms with E-state index < -0.39 is 0 Å². The number of anilines is 1. The largest absolute Gasteiger partial charge is 0.368 e. The van der Waals surface area contributed by atoms with Crippen LogP contribution >= 0.6 is 0 Å². The number of likely N-dealkylation sites (tertiary alicyclic amines) is 1. The Balaban J connectivity index is 1.55. The highest BCUT2D eigenvalue weighted by molar-refractivity contribution is 5.79. The molecule has 1 atom stereocenters. The zero-order chi connectivity index (χ0) is 21.1. The third kappa shape index (κ3) is 4.45. The molecule has 0 bridgehead atoms. The van der Waals surface area contributed by atoms with Gasteiger partial charge in [-0.15, -0.1) is 0 Å². The number of hydrogen-bond donors (Lipinski definition) is 1. The van der Waals surface area contributed by atoms with Crippen molar-refractivity contribution in [3.8, 4) is 11.1 Å². The van der Waals surface area contributed by atoms with Crippen LogP contribution in [-0.2, 0) is 11.2 Å². The molecule has 0 radical (unpaired) electrons. The maximum Gasteiger partial charge on any atom is 0.227 e. The summed E-state index contributed by atoms with van der Waals surface area (Å²) in [6, 6.07) is 12.2. The third-order valence-corrected chi connectivity index (χ3v) is 5.42. The van der Waals surface area contributed by atoms with Crippen LogP contribution in [0.2, 0.25) is 0 Å². The molecule has 7 heteroatoms. The van der Waals surface area contributed by atoms with Gasteiger partial charge < -0.3 is 10.6 Å². The summed E-state index contributed by atoms with van der Waals surface area (Å²) in [4.78, 5) is 23.2.